The summed E-state index contributed by atoms with van der Waals surface area (Å²) in [6.45, 7) is 0.543. The Bertz CT molecular complexity index is 230. The average Bonchev–Trinajstić information content (AvgIpc) is 2.59. The molecule has 1 fully saturated rings. The van der Waals surface area contributed by atoms with Gasteiger partial charge in [0.05, 0.1) is 25.3 Å². The van der Waals surface area contributed by atoms with E-state index in [1.807, 2.05) is 0 Å². The standard InChI is InChI=1S/C5H8N6O2/c6-10-8-1-4-5(2-9-11-7)13-3-12-4/h4-5H,1-3H2/t4-,5-/m0/s1. The minimum absolute atomic E-state index is 0.150. The molecular weight excluding hydrogens is 176 g/mol. The molecule has 1 saturated heterocycles. The van der Waals surface area contributed by atoms with Crippen molar-refractivity contribution >= 4 is 0 Å². The van der Waals surface area contributed by atoms with Crippen LogP contribution in [0.4, 0.5) is 0 Å². The van der Waals surface area contributed by atoms with E-state index in [9.17, 15) is 0 Å². The average molecular weight is 184 g/mol. The zero-order valence-corrected chi connectivity index (χ0v) is 6.78. The fraction of sp³-hybridized carbons (Fsp3) is 1.00. The summed E-state index contributed by atoms with van der Waals surface area (Å²) in [5, 5.41) is 6.71. The van der Waals surface area contributed by atoms with Crippen LogP contribution in [0.5, 0.6) is 0 Å². The number of hydrogen-bond acceptors (Lipinski definition) is 4. The molecule has 70 valence electrons. The fourth-order valence-electron chi connectivity index (χ4n) is 1.00. The van der Waals surface area contributed by atoms with Gasteiger partial charge in [0.1, 0.15) is 6.79 Å². The van der Waals surface area contributed by atoms with Crippen LogP contribution in [0.3, 0.4) is 0 Å². The van der Waals surface area contributed by atoms with Gasteiger partial charge in [0.15, 0.2) is 0 Å². The minimum Gasteiger partial charge on any atom is -0.349 e. The lowest BCUT2D eigenvalue weighted by molar-refractivity contribution is 0.0408. The summed E-state index contributed by atoms with van der Waals surface area (Å²) in [5.41, 5.74) is 16.1. The van der Waals surface area contributed by atoms with Gasteiger partial charge in [0.25, 0.3) is 0 Å². The van der Waals surface area contributed by atoms with Crippen LogP contribution in [0.15, 0.2) is 10.2 Å². The first-order valence-corrected chi connectivity index (χ1v) is 3.63. The largest absolute Gasteiger partial charge is 0.349 e. The Morgan fingerprint density at radius 1 is 1.08 bits per heavy atom. The highest BCUT2D eigenvalue weighted by atomic mass is 16.7. The number of nitrogens with zero attached hydrogens (tertiary/aromatic N) is 6. The van der Waals surface area contributed by atoms with E-state index in [2.05, 4.69) is 20.1 Å². The second-order valence-corrected chi connectivity index (χ2v) is 2.35. The Labute approximate surface area is 73.7 Å². The first-order valence-electron chi connectivity index (χ1n) is 3.63. The van der Waals surface area contributed by atoms with Crippen LogP contribution in [0.2, 0.25) is 0 Å². The van der Waals surface area contributed by atoms with E-state index in [4.69, 9.17) is 20.5 Å². The van der Waals surface area contributed by atoms with Crippen molar-refractivity contribution in [2.45, 2.75) is 12.2 Å². The predicted octanol–water partition coefficient (Wildman–Crippen LogP) is 1.35. The maximum Gasteiger partial charge on any atom is 0.147 e. The molecule has 0 spiro atoms. The lowest BCUT2D eigenvalue weighted by Gasteiger charge is -2.11. The van der Waals surface area contributed by atoms with Gasteiger partial charge in [-0.1, -0.05) is 10.2 Å². The Morgan fingerprint density at radius 3 is 1.92 bits per heavy atom. The van der Waals surface area contributed by atoms with Crippen LogP contribution in [0, 0.1) is 0 Å². The summed E-state index contributed by atoms with van der Waals surface area (Å²) >= 11 is 0. The summed E-state index contributed by atoms with van der Waals surface area (Å²) < 4.78 is 10.2. The lowest BCUT2D eigenvalue weighted by atomic mass is 10.2. The van der Waals surface area contributed by atoms with Gasteiger partial charge in [-0.2, -0.15) is 0 Å². The molecule has 0 unspecified atom stereocenters. The SMILES string of the molecule is [N-]=[N+]=NC[C@@H]1OCO[C@H]1CN=[N+]=[N-]. The van der Waals surface area contributed by atoms with Crippen molar-refractivity contribution in [3.63, 3.8) is 0 Å². The molecule has 0 aromatic rings. The molecule has 0 aromatic carbocycles. The Morgan fingerprint density at radius 2 is 1.54 bits per heavy atom. The molecule has 1 aliphatic heterocycles. The lowest BCUT2D eigenvalue weighted by Crippen LogP contribution is -2.27. The van der Waals surface area contributed by atoms with Crippen molar-refractivity contribution in [2.75, 3.05) is 19.9 Å². The van der Waals surface area contributed by atoms with Crippen LogP contribution in [0.1, 0.15) is 0 Å². The van der Waals surface area contributed by atoms with Crippen molar-refractivity contribution in [1.29, 1.82) is 0 Å². The van der Waals surface area contributed by atoms with E-state index in [0.717, 1.165) is 0 Å². The molecule has 0 saturated carbocycles. The van der Waals surface area contributed by atoms with Crippen molar-refractivity contribution in [3.8, 4) is 0 Å². The summed E-state index contributed by atoms with van der Waals surface area (Å²) in [6.07, 6.45) is -0.609. The summed E-state index contributed by atoms with van der Waals surface area (Å²) in [6, 6.07) is 0. The zero-order valence-electron chi connectivity index (χ0n) is 6.78. The maximum atomic E-state index is 8.07. The molecule has 8 heteroatoms. The molecule has 0 aliphatic carbocycles. The third kappa shape index (κ3) is 2.81. The van der Waals surface area contributed by atoms with Gasteiger partial charge in [-0.05, 0) is 11.1 Å². The molecule has 8 nitrogen and oxygen atoms in total. The molecule has 13 heavy (non-hydrogen) atoms. The first kappa shape index (κ1) is 9.63. The topological polar surface area (TPSA) is 116 Å². The fourth-order valence-corrected chi connectivity index (χ4v) is 1.00. The molecular formula is C5H8N6O2. The van der Waals surface area contributed by atoms with Crippen LogP contribution in [-0.4, -0.2) is 32.1 Å². The van der Waals surface area contributed by atoms with Gasteiger partial charge in [-0.15, -0.1) is 0 Å². The van der Waals surface area contributed by atoms with E-state index in [1.165, 1.54) is 0 Å². The van der Waals surface area contributed by atoms with Crippen LogP contribution in [-0.2, 0) is 9.47 Å². The monoisotopic (exact) mass is 184 g/mol. The minimum atomic E-state index is -0.304. The van der Waals surface area contributed by atoms with Gasteiger partial charge in [-0.25, -0.2) is 0 Å². The van der Waals surface area contributed by atoms with Crippen molar-refractivity contribution in [2.24, 2.45) is 10.2 Å². The van der Waals surface area contributed by atoms with Gasteiger partial charge < -0.3 is 9.47 Å². The normalized spacial score (nSPS) is 26.2. The molecule has 1 aliphatic rings. The Balaban J connectivity index is 2.42. The molecule has 1 heterocycles. The predicted molar refractivity (Wildman–Crippen MR) is 42.6 cm³/mol. The molecule has 0 amide bonds. The highest BCUT2D eigenvalue weighted by molar-refractivity contribution is 4.78. The van der Waals surface area contributed by atoms with Gasteiger partial charge in [0, 0.05) is 9.82 Å². The molecule has 0 N–H and O–H groups in total. The second-order valence-electron chi connectivity index (χ2n) is 2.35. The van der Waals surface area contributed by atoms with E-state index < -0.39 is 0 Å². The summed E-state index contributed by atoms with van der Waals surface area (Å²) in [7, 11) is 0. The number of hydrogen-bond donors (Lipinski definition) is 0. The van der Waals surface area contributed by atoms with Gasteiger partial charge in [-0.3, -0.25) is 0 Å². The number of rotatable bonds is 4. The number of azide groups is 2. The smallest absolute Gasteiger partial charge is 0.147 e. The Hall–Kier alpha value is -1.46. The number of ether oxygens (including phenoxy) is 2. The van der Waals surface area contributed by atoms with E-state index in [0.29, 0.717) is 0 Å². The maximum absolute atomic E-state index is 8.07. The van der Waals surface area contributed by atoms with Crippen molar-refractivity contribution in [3.05, 3.63) is 20.9 Å². The van der Waals surface area contributed by atoms with Crippen molar-refractivity contribution < 1.29 is 9.47 Å². The van der Waals surface area contributed by atoms with Gasteiger partial charge >= 0.3 is 0 Å². The molecule has 0 radical (unpaired) electrons. The molecule has 0 bridgehead atoms. The van der Waals surface area contributed by atoms with E-state index in [1.54, 1.807) is 0 Å². The highest BCUT2D eigenvalue weighted by Crippen LogP contribution is 2.13. The summed E-state index contributed by atoms with van der Waals surface area (Å²) in [5.74, 6) is 0. The van der Waals surface area contributed by atoms with Crippen molar-refractivity contribution in [1.82, 2.24) is 0 Å². The van der Waals surface area contributed by atoms with Crippen LogP contribution < -0.4 is 0 Å². The second kappa shape index (κ2) is 5.23. The third-order valence-corrected chi connectivity index (χ3v) is 1.63. The van der Waals surface area contributed by atoms with Crippen LogP contribution >= 0.6 is 0 Å². The molecule has 0 aromatic heterocycles. The van der Waals surface area contributed by atoms with E-state index >= 15 is 0 Å². The summed E-state index contributed by atoms with van der Waals surface area (Å²) in [4.78, 5) is 5.20. The quantitative estimate of drug-likeness (QED) is 0.372. The van der Waals surface area contributed by atoms with Gasteiger partial charge in [0.2, 0.25) is 0 Å². The van der Waals surface area contributed by atoms with Crippen LogP contribution in [0.25, 0.3) is 20.9 Å². The Kier molecular flexibility index (Phi) is 3.87. The molecule has 2 atom stereocenters. The van der Waals surface area contributed by atoms with E-state index in [-0.39, 0.29) is 32.1 Å². The zero-order chi connectivity index (χ0) is 9.52. The highest BCUT2D eigenvalue weighted by Gasteiger charge is 2.27. The third-order valence-electron chi connectivity index (χ3n) is 1.63. The molecule has 1 rings (SSSR count). The first-order chi connectivity index (χ1) is 6.38.